The molecule has 1 atom stereocenters. The van der Waals surface area contributed by atoms with Crippen LogP contribution in [-0.2, 0) is 18.4 Å². The van der Waals surface area contributed by atoms with Gasteiger partial charge in [0.15, 0.2) is 5.16 Å². The first-order chi connectivity index (χ1) is 13.1. The predicted octanol–water partition coefficient (Wildman–Crippen LogP) is 3.89. The SMILES string of the molecule is COc1ccc(CNC(=O)C(C)Sc2ncc(-c3ccccc3)n2C)cc1. The van der Waals surface area contributed by atoms with E-state index in [9.17, 15) is 4.79 Å². The molecule has 0 bridgehead atoms. The number of benzene rings is 2. The number of nitrogens with one attached hydrogen (secondary N) is 1. The van der Waals surface area contributed by atoms with E-state index in [0.29, 0.717) is 6.54 Å². The van der Waals surface area contributed by atoms with E-state index in [2.05, 4.69) is 22.4 Å². The second kappa shape index (κ2) is 8.77. The van der Waals surface area contributed by atoms with Gasteiger partial charge in [0.1, 0.15) is 5.75 Å². The summed E-state index contributed by atoms with van der Waals surface area (Å²) in [4.78, 5) is 16.9. The van der Waals surface area contributed by atoms with E-state index in [4.69, 9.17) is 4.74 Å². The van der Waals surface area contributed by atoms with Crippen molar-refractivity contribution in [2.45, 2.75) is 23.9 Å². The molecule has 6 heteroatoms. The minimum absolute atomic E-state index is 0.0138. The lowest BCUT2D eigenvalue weighted by Gasteiger charge is -2.12. The van der Waals surface area contributed by atoms with Crippen LogP contribution in [0.3, 0.4) is 0 Å². The molecule has 0 aliphatic carbocycles. The Morgan fingerprint density at radius 3 is 2.56 bits per heavy atom. The average molecular weight is 382 g/mol. The summed E-state index contributed by atoms with van der Waals surface area (Å²) in [5.41, 5.74) is 3.17. The van der Waals surface area contributed by atoms with E-state index < -0.39 is 0 Å². The number of rotatable bonds is 7. The zero-order valence-electron chi connectivity index (χ0n) is 15.7. The molecular formula is C21H23N3O2S. The van der Waals surface area contributed by atoms with Gasteiger partial charge in [-0.05, 0) is 30.2 Å². The highest BCUT2D eigenvalue weighted by Crippen LogP contribution is 2.27. The molecule has 0 saturated heterocycles. The van der Waals surface area contributed by atoms with Crippen LogP contribution < -0.4 is 10.1 Å². The summed E-state index contributed by atoms with van der Waals surface area (Å²) < 4.78 is 7.17. The van der Waals surface area contributed by atoms with Gasteiger partial charge in [0.05, 0.1) is 24.3 Å². The lowest BCUT2D eigenvalue weighted by molar-refractivity contribution is -0.120. The Balaban J connectivity index is 1.59. The Morgan fingerprint density at radius 1 is 1.19 bits per heavy atom. The number of methoxy groups -OCH3 is 1. The van der Waals surface area contributed by atoms with Crippen LogP contribution >= 0.6 is 11.8 Å². The van der Waals surface area contributed by atoms with Gasteiger partial charge < -0.3 is 14.6 Å². The van der Waals surface area contributed by atoms with Crippen molar-refractivity contribution >= 4 is 17.7 Å². The Morgan fingerprint density at radius 2 is 1.89 bits per heavy atom. The van der Waals surface area contributed by atoms with E-state index in [-0.39, 0.29) is 11.2 Å². The number of carbonyl (C=O) groups is 1. The van der Waals surface area contributed by atoms with Gasteiger partial charge >= 0.3 is 0 Å². The highest BCUT2D eigenvalue weighted by molar-refractivity contribution is 8.00. The van der Waals surface area contributed by atoms with E-state index in [1.807, 2.05) is 67.2 Å². The van der Waals surface area contributed by atoms with Crippen molar-refractivity contribution in [2.24, 2.45) is 7.05 Å². The Labute approximate surface area is 163 Å². The molecule has 0 spiro atoms. The van der Waals surface area contributed by atoms with Crippen molar-refractivity contribution in [1.29, 1.82) is 0 Å². The van der Waals surface area contributed by atoms with Crippen LogP contribution in [0.5, 0.6) is 5.75 Å². The molecule has 1 amide bonds. The molecule has 0 saturated carbocycles. The molecule has 0 fully saturated rings. The molecule has 1 unspecified atom stereocenters. The summed E-state index contributed by atoms with van der Waals surface area (Å²) in [6.07, 6.45) is 1.85. The molecule has 3 rings (SSSR count). The second-order valence-corrected chi connectivity index (χ2v) is 7.48. The Hall–Kier alpha value is -2.73. The lowest BCUT2D eigenvalue weighted by Crippen LogP contribution is -2.30. The number of hydrogen-bond acceptors (Lipinski definition) is 4. The summed E-state index contributed by atoms with van der Waals surface area (Å²) in [5.74, 6) is 0.790. The van der Waals surface area contributed by atoms with Crippen LogP contribution in [0.2, 0.25) is 0 Å². The average Bonchev–Trinajstić information content (AvgIpc) is 3.07. The topological polar surface area (TPSA) is 56.1 Å². The highest BCUT2D eigenvalue weighted by atomic mass is 32.2. The van der Waals surface area contributed by atoms with Crippen LogP contribution in [-0.4, -0.2) is 27.8 Å². The normalized spacial score (nSPS) is 11.8. The van der Waals surface area contributed by atoms with E-state index >= 15 is 0 Å². The minimum Gasteiger partial charge on any atom is -0.497 e. The van der Waals surface area contributed by atoms with Crippen LogP contribution in [0.1, 0.15) is 12.5 Å². The zero-order valence-corrected chi connectivity index (χ0v) is 16.5. The molecule has 2 aromatic carbocycles. The van der Waals surface area contributed by atoms with E-state index in [1.165, 1.54) is 11.8 Å². The van der Waals surface area contributed by atoms with Gasteiger partial charge in [0, 0.05) is 13.6 Å². The molecule has 0 radical (unpaired) electrons. The first kappa shape index (κ1) is 19.0. The van der Waals surface area contributed by atoms with Crippen molar-refractivity contribution in [3.05, 3.63) is 66.4 Å². The highest BCUT2D eigenvalue weighted by Gasteiger charge is 2.18. The van der Waals surface area contributed by atoms with Crippen LogP contribution in [0.15, 0.2) is 66.0 Å². The molecule has 27 heavy (non-hydrogen) atoms. The van der Waals surface area contributed by atoms with Gasteiger partial charge in [-0.25, -0.2) is 4.98 Å². The number of imidazole rings is 1. The number of hydrogen-bond donors (Lipinski definition) is 1. The number of ether oxygens (including phenoxy) is 1. The standard InChI is InChI=1S/C21H23N3O2S/c1-15(20(25)22-13-16-9-11-18(26-3)12-10-16)27-21-23-14-19(24(21)2)17-7-5-4-6-8-17/h4-12,14-15H,13H2,1-3H3,(H,22,25). The van der Waals surface area contributed by atoms with Gasteiger partial charge in [-0.15, -0.1) is 0 Å². The monoisotopic (exact) mass is 381 g/mol. The largest absolute Gasteiger partial charge is 0.497 e. The first-order valence-electron chi connectivity index (χ1n) is 8.73. The van der Waals surface area contributed by atoms with Crippen molar-refractivity contribution < 1.29 is 9.53 Å². The summed E-state index contributed by atoms with van der Waals surface area (Å²) in [7, 11) is 3.61. The fourth-order valence-corrected chi connectivity index (χ4v) is 3.54. The molecule has 140 valence electrons. The third-order valence-corrected chi connectivity index (χ3v) is 5.45. The second-order valence-electron chi connectivity index (χ2n) is 6.18. The van der Waals surface area contributed by atoms with Crippen molar-refractivity contribution in [3.8, 4) is 17.0 Å². The molecule has 5 nitrogen and oxygen atoms in total. The van der Waals surface area contributed by atoms with Crippen molar-refractivity contribution in [1.82, 2.24) is 14.9 Å². The maximum Gasteiger partial charge on any atom is 0.233 e. The maximum absolute atomic E-state index is 12.4. The fourth-order valence-electron chi connectivity index (χ4n) is 2.67. The summed E-state index contributed by atoms with van der Waals surface area (Å²) >= 11 is 1.45. The van der Waals surface area contributed by atoms with Gasteiger partial charge in [0.2, 0.25) is 5.91 Å². The zero-order chi connectivity index (χ0) is 19.2. The van der Waals surface area contributed by atoms with Crippen molar-refractivity contribution in [3.63, 3.8) is 0 Å². The van der Waals surface area contributed by atoms with Crippen LogP contribution in [0.4, 0.5) is 0 Å². The number of carbonyl (C=O) groups excluding carboxylic acids is 1. The molecular weight excluding hydrogens is 358 g/mol. The predicted molar refractivity (Wildman–Crippen MR) is 109 cm³/mol. The number of aromatic nitrogens is 2. The number of amides is 1. The van der Waals surface area contributed by atoms with Gasteiger partial charge in [-0.1, -0.05) is 54.2 Å². The quantitative estimate of drug-likeness (QED) is 0.631. The summed E-state index contributed by atoms with van der Waals surface area (Å²) in [6.45, 7) is 2.38. The lowest BCUT2D eigenvalue weighted by atomic mass is 10.2. The number of nitrogens with zero attached hydrogens (tertiary/aromatic N) is 2. The Bertz CT molecular complexity index is 892. The minimum atomic E-state index is -0.243. The molecule has 0 aliphatic heterocycles. The summed E-state index contributed by atoms with van der Waals surface area (Å²) in [5, 5.41) is 3.55. The maximum atomic E-state index is 12.4. The third kappa shape index (κ3) is 4.71. The fraction of sp³-hybridized carbons (Fsp3) is 0.238. The van der Waals surface area contributed by atoms with E-state index in [0.717, 1.165) is 27.7 Å². The van der Waals surface area contributed by atoms with Gasteiger partial charge in [-0.2, -0.15) is 0 Å². The molecule has 1 heterocycles. The summed E-state index contributed by atoms with van der Waals surface area (Å²) in [6, 6.07) is 17.8. The molecule has 1 N–H and O–H groups in total. The van der Waals surface area contributed by atoms with Gasteiger partial charge in [0.25, 0.3) is 0 Å². The van der Waals surface area contributed by atoms with Crippen LogP contribution in [0, 0.1) is 0 Å². The number of thioether (sulfide) groups is 1. The van der Waals surface area contributed by atoms with E-state index in [1.54, 1.807) is 7.11 Å². The van der Waals surface area contributed by atoms with Gasteiger partial charge in [-0.3, -0.25) is 4.79 Å². The molecule has 0 aliphatic rings. The Kier molecular flexibility index (Phi) is 6.19. The molecule has 3 aromatic rings. The first-order valence-corrected chi connectivity index (χ1v) is 9.61. The van der Waals surface area contributed by atoms with Crippen molar-refractivity contribution in [2.75, 3.05) is 7.11 Å². The molecule has 1 aromatic heterocycles. The van der Waals surface area contributed by atoms with Crippen LogP contribution in [0.25, 0.3) is 11.3 Å². The smallest absolute Gasteiger partial charge is 0.233 e. The third-order valence-electron chi connectivity index (χ3n) is 4.29.